The van der Waals surface area contributed by atoms with Gasteiger partial charge in [0.1, 0.15) is 12.3 Å². The van der Waals surface area contributed by atoms with Gasteiger partial charge in [0, 0.05) is 24.3 Å². The van der Waals surface area contributed by atoms with Crippen molar-refractivity contribution < 1.29 is 22.7 Å². The second-order valence-corrected chi connectivity index (χ2v) is 7.08. The molecule has 0 fully saturated rings. The van der Waals surface area contributed by atoms with Crippen LogP contribution in [0.25, 0.3) is 0 Å². The molecule has 2 aromatic rings. The Labute approximate surface area is 162 Å². The summed E-state index contributed by atoms with van der Waals surface area (Å²) in [5.74, 6) is 0.733. The third kappa shape index (κ3) is 4.31. The normalized spacial score (nSPS) is 14.6. The maximum absolute atomic E-state index is 12.9. The van der Waals surface area contributed by atoms with E-state index >= 15 is 0 Å². The molecule has 1 aliphatic rings. The largest absolute Gasteiger partial charge is 0.496 e. The Bertz CT molecular complexity index is 874. The van der Waals surface area contributed by atoms with E-state index in [4.69, 9.17) is 4.74 Å². The topological polar surface area (TPSA) is 47.4 Å². The number of halogens is 3. The van der Waals surface area contributed by atoms with Crippen molar-refractivity contribution in [1.29, 1.82) is 0 Å². The minimum absolute atomic E-state index is 0.0585. The lowest BCUT2D eigenvalue weighted by Crippen LogP contribution is -2.34. The van der Waals surface area contributed by atoms with Gasteiger partial charge in [0.15, 0.2) is 0 Å². The van der Waals surface area contributed by atoms with Gasteiger partial charge in [-0.25, -0.2) is 0 Å². The van der Waals surface area contributed by atoms with Crippen LogP contribution >= 0.6 is 0 Å². The highest BCUT2D eigenvalue weighted by atomic mass is 19.4. The summed E-state index contributed by atoms with van der Waals surface area (Å²) in [6, 6.07) is 5.90. The standard InChI is InChI=1S/C20H24F3N3O2/c1-13-17(14(2)26(24-13)12-20(21,22)23)11-19(27)25-9-7-15-5-4-6-18(28-3)16(15)8-10-25/h4-6H,7-12H2,1-3H3. The molecule has 152 valence electrons. The lowest BCUT2D eigenvalue weighted by Gasteiger charge is -2.20. The van der Waals surface area contributed by atoms with Crippen LogP contribution in [0.5, 0.6) is 5.75 Å². The van der Waals surface area contributed by atoms with Crippen LogP contribution in [-0.4, -0.2) is 47.0 Å². The van der Waals surface area contributed by atoms with E-state index in [1.54, 1.807) is 25.9 Å². The van der Waals surface area contributed by atoms with Crippen molar-refractivity contribution >= 4 is 5.91 Å². The molecular formula is C20H24F3N3O2. The number of ether oxygens (including phenoxy) is 1. The zero-order chi connectivity index (χ0) is 20.5. The van der Waals surface area contributed by atoms with Crippen molar-refractivity contribution in [2.45, 2.75) is 45.8 Å². The van der Waals surface area contributed by atoms with Crippen LogP contribution in [0.2, 0.25) is 0 Å². The lowest BCUT2D eigenvalue weighted by molar-refractivity contribution is -0.143. The molecular weight excluding hydrogens is 371 g/mol. The monoisotopic (exact) mass is 395 g/mol. The summed E-state index contributed by atoms with van der Waals surface area (Å²) in [7, 11) is 1.63. The van der Waals surface area contributed by atoms with Crippen molar-refractivity contribution in [3.63, 3.8) is 0 Å². The average Bonchev–Trinajstić information content (AvgIpc) is 2.80. The summed E-state index contributed by atoms with van der Waals surface area (Å²) in [6.07, 6.45) is -2.87. The molecule has 1 aromatic heterocycles. The second-order valence-electron chi connectivity index (χ2n) is 7.08. The van der Waals surface area contributed by atoms with Crippen LogP contribution in [0.15, 0.2) is 18.2 Å². The van der Waals surface area contributed by atoms with Crippen LogP contribution in [-0.2, 0) is 30.6 Å². The van der Waals surface area contributed by atoms with Crippen molar-refractivity contribution in [2.24, 2.45) is 0 Å². The molecule has 3 rings (SSSR count). The molecule has 8 heteroatoms. The van der Waals surface area contributed by atoms with Crippen molar-refractivity contribution in [3.8, 4) is 5.75 Å². The van der Waals surface area contributed by atoms with Gasteiger partial charge in [0.05, 0.1) is 19.2 Å². The Morgan fingerprint density at radius 1 is 1.21 bits per heavy atom. The van der Waals surface area contributed by atoms with E-state index in [1.807, 2.05) is 18.2 Å². The molecule has 5 nitrogen and oxygen atoms in total. The van der Waals surface area contributed by atoms with Crippen LogP contribution in [0.3, 0.4) is 0 Å². The van der Waals surface area contributed by atoms with Crippen LogP contribution in [0.4, 0.5) is 13.2 Å². The Morgan fingerprint density at radius 3 is 2.61 bits per heavy atom. The number of methoxy groups -OCH3 is 1. The maximum atomic E-state index is 12.9. The van der Waals surface area contributed by atoms with E-state index in [9.17, 15) is 18.0 Å². The van der Waals surface area contributed by atoms with Crippen molar-refractivity contribution in [2.75, 3.05) is 20.2 Å². The fraction of sp³-hybridized carbons (Fsp3) is 0.500. The second kappa shape index (κ2) is 7.85. The SMILES string of the molecule is COc1cccc2c1CCN(C(=O)Cc1c(C)nn(CC(F)(F)F)c1C)CC2. The van der Waals surface area contributed by atoms with Gasteiger partial charge in [-0.3, -0.25) is 9.48 Å². The average molecular weight is 395 g/mol. The predicted molar refractivity (Wildman–Crippen MR) is 98.4 cm³/mol. The number of rotatable bonds is 4. The first-order chi connectivity index (χ1) is 13.2. The highest BCUT2D eigenvalue weighted by Gasteiger charge is 2.30. The van der Waals surface area contributed by atoms with Gasteiger partial charge in [-0.15, -0.1) is 0 Å². The smallest absolute Gasteiger partial charge is 0.408 e. The highest BCUT2D eigenvalue weighted by Crippen LogP contribution is 2.26. The lowest BCUT2D eigenvalue weighted by atomic mass is 10.0. The Hall–Kier alpha value is -2.51. The van der Waals surface area contributed by atoms with Gasteiger partial charge in [-0.1, -0.05) is 12.1 Å². The summed E-state index contributed by atoms with van der Waals surface area (Å²) < 4.78 is 44.5. The van der Waals surface area contributed by atoms with Crippen molar-refractivity contribution in [3.05, 3.63) is 46.3 Å². The molecule has 2 heterocycles. The third-order valence-corrected chi connectivity index (χ3v) is 5.27. The molecule has 0 aliphatic carbocycles. The molecule has 1 aromatic carbocycles. The van der Waals surface area contributed by atoms with Crippen LogP contribution < -0.4 is 4.74 Å². The summed E-state index contributed by atoms with van der Waals surface area (Å²) in [5, 5.41) is 3.98. The number of nitrogens with zero attached hydrogens (tertiary/aromatic N) is 3. The first-order valence-electron chi connectivity index (χ1n) is 9.21. The fourth-order valence-corrected chi connectivity index (χ4v) is 3.76. The van der Waals surface area contributed by atoms with Gasteiger partial charge < -0.3 is 9.64 Å². The van der Waals surface area contributed by atoms with E-state index in [2.05, 4.69) is 5.10 Å². The number of alkyl halides is 3. The Morgan fingerprint density at radius 2 is 1.93 bits per heavy atom. The zero-order valence-electron chi connectivity index (χ0n) is 16.3. The number of aryl methyl sites for hydroxylation is 1. The van der Waals surface area contributed by atoms with Crippen LogP contribution in [0, 0.1) is 13.8 Å². The molecule has 0 bridgehead atoms. The number of hydrogen-bond donors (Lipinski definition) is 0. The summed E-state index contributed by atoms with van der Waals surface area (Å²) >= 11 is 0. The van der Waals surface area contributed by atoms with E-state index in [0.717, 1.165) is 22.4 Å². The van der Waals surface area contributed by atoms with Gasteiger partial charge in [-0.05, 0) is 43.9 Å². The zero-order valence-corrected chi connectivity index (χ0v) is 16.3. The number of fused-ring (bicyclic) bond motifs is 1. The predicted octanol–water partition coefficient (Wildman–Crippen LogP) is 3.24. The van der Waals surface area contributed by atoms with E-state index in [-0.39, 0.29) is 12.3 Å². The van der Waals surface area contributed by atoms with E-state index < -0.39 is 12.7 Å². The first-order valence-corrected chi connectivity index (χ1v) is 9.21. The molecule has 1 aliphatic heterocycles. The molecule has 0 unspecified atom stereocenters. The van der Waals surface area contributed by atoms with E-state index in [0.29, 0.717) is 36.5 Å². The summed E-state index contributed by atoms with van der Waals surface area (Å²) in [4.78, 5) is 14.6. The molecule has 1 amide bonds. The Kier molecular flexibility index (Phi) is 5.67. The maximum Gasteiger partial charge on any atom is 0.408 e. The molecule has 0 N–H and O–H groups in total. The first kappa shape index (κ1) is 20.2. The quantitative estimate of drug-likeness (QED) is 0.799. The molecule has 0 atom stereocenters. The van der Waals surface area contributed by atoms with Gasteiger partial charge in [0.25, 0.3) is 0 Å². The molecule has 28 heavy (non-hydrogen) atoms. The van der Waals surface area contributed by atoms with Crippen molar-refractivity contribution in [1.82, 2.24) is 14.7 Å². The minimum Gasteiger partial charge on any atom is -0.496 e. The molecule has 0 saturated carbocycles. The molecule has 0 radical (unpaired) electrons. The number of hydrogen-bond acceptors (Lipinski definition) is 3. The van der Waals surface area contributed by atoms with Gasteiger partial charge >= 0.3 is 6.18 Å². The highest BCUT2D eigenvalue weighted by molar-refractivity contribution is 5.79. The van der Waals surface area contributed by atoms with Crippen LogP contribution in [0.1, 0.15) is 28.1 Å². The van der Waals surface area contributed by atoms with Gasteiger partial charge in [-0.2, -0.15) is 18.3 Å². The number of benzene rings is 1. The number of carbonyl (C=O) groups excluding carboxylic acids is 1. The number of amides is 1. The minimum atomic E-state index is -4.35. The third-order valence-electron chi connectivity index (χ3n) is 5.27. The number of aromatic nitrogens is 2. The van der Waals surface area contributed by atoms with E-state index in [1.165, 1.54) is 5.56 Å². The Balaban J connectivity index is 1.73. The summed E-state index contributed by atoms with van der Waals surface area (Å²) in [5.41, 5.74) is 3.72. The summed E-state index contributed by atoms with van der Waals surface area (Å²) in [6.45, 7) is 3.21. The number of carbonyl (C=O) groups is 1. The molecule has 0 spiro atoms. The fourth-order valence-electron chi connectivity index (χ4n) is 3.76. The molecule has 0 saturated heterocycles. The van der Waals surface area contributed by atoms with Gasteiger partial charge in [0.2, 0.25) is 5.91 Å².